The van der Waals surface area contributed by atoms with E-state index in [1.54, 1.807) is 6.07 Å². The minimum atomic E-state index is -0.720. The molecule has 2 heterocycles. The first-order chi connectivity index (χ1) is 7.00. The summed E-state index contributed by atoms with van der Waals surface area (Å²) in [5, 5.41) is 0.0343. The number of fused-ring (bicyclic) bond motifs is 1. The van der Waals surface area contributed by atoms with Crippen LogP contribution in [0.25, 0.3) is 0 Å². The number of aromatic nitrogens is 1. The van der Waals surface area contributed by atoms with E-state index >= 15 is 0 Å². The van der Waals surface area contributed by atoms with Crippen molar-refractivity contribution in [3.05, 3.63) is 28.0 Å². The van der Waals surface area contributed by atoms with Crippen molar-refractivity contribution in [1.82, 2.24) is 4.98 Å². The fraction of sp³-hybridized carbons (Fsp3) is 0.300. The van der Waals surface area contributed by atoms with Crippen molar-refractivity contribution in [3.63, 3.8) is 0 Å². The number of pyridine rings is 1. The molecule has 78 valence electrons. The lowest BCUT2D eigenvalue weighted by Crippen LogP contribution is -2.01. The molecule has 0 fully saturated rings. The summed E-state index contributed by atoms with van der Waals surface area (Å²) >= 11 is 5.81. The molecule has 5 heteroatoms. The largest absolute Gasteiger partial charge is 0.386 e. The monoisotopic (exact) mass is 225 g/mol. The molecule has 0 saturated carbocycles. The van der Waals surface area contributed by atoms with Crippen LogP contribution in [0.3, 0.4) is 0 Å². The topological polar surface area (TPSA) is 56.3 Å². The first kappa shape index (κ1) is 10.1. The van der Waals surface area contributed by atoms with Crippen molar-refractivity contribution in [2.45, 2.75) is 19.8 Å². The Kier molecular flexibility index (Phi) is 2.23. The van der Waals surface area contributed by atoms with Gasteiger partial charge in [0.1, 0.15) is 10.7 Å². The average Bonchev–Trinajstić information content (AvgIpc) is 2.42. The van der Waals surface area contributed by atoms with Crippen LogP contribution in [-0.4, -0.2) is 16.9 Å². The number of cyclic esters (lactones) is 2. The lowest BCUT2D eigenvalue weighted by Gasteiger charge is -2.05. The molecular formula is C10H8ClNO3. The zero-order valence-corrected chi connectivity index (χ0v) is 8.96. The zero-order valence-electron chi connectivity index (χ0n) is 8.20. The van der Waals surface area contributed by atoms with E-state index in [1.165, 1.54) is 0 Å². The Morgan fingerprint density at radius 2 is 2.00 bits per heavy atom. The van der Waals surface area contributed by atoms with Crippen LogP contribution in [-0.2, 0) is 4.74 Å². The summed E-state index contributed by atoms with van der Waals surface area (Å²) < 4.78 is 4.44. The highest BCUT2D eigenvalue weighted by Gasteiger charge is 2.33. The first-order valence-corrected chi connectivity index (χ1v) is 4.85. The molecule has 0 amide bonds. The Balaban J connectivity index is 2.66. The highest BCUT2D eigenvalue weighted by atomic mass is 35.5. The maximum atomic E-state index is 11.3. The Hall–Kier alpha value is -1.42. The molecule has 0 aliphatic carbocycles. The molecular weight excluding hydrogens is 218 g/mol. The quantitative estimate of drug-likeness (QED) is 0.418. The molecule has 0 N–H and O–H groups in total. The second-order valence-corrected chi connectivity index (χ2v) is 3.95. The maximum absolute atomic E-state index is 11.3. The van der Waals surface area contributed by atoms with Crippen molar-refractivity contribution in [1.29, 1.82) is 0 Å². The second-order valence-electron chi connectivity index (χ2n) is 3.59. The summed E-state index contributed by atoms with van der Waals surface area (Å²) in [5.41, 5.74) is 0.958. The van der Waals surface area contributed by atoms with Gasteiger partial charge in [0.25, 0.3) is 0 Å². The van der Waals surface area contributed by atoms with E-state index in [0.29, 0.717) is 5.69 Å². The molecule has 4 nitrogen and oxygen atoms in total. The summed E-state index contributed by atoms with van der Waals surface area (Å²) in [5.74, 6) is -1.24. The van der Waals surface area contributed by atoms with E-state index in [2.05, 4.69) is 9.72 Å². The lowest BCUT2D eigenvalue weighted by molar-refractivity contribution is 0.0444. The van der Waals surface area contributed by atoms with Gasteiger partial charge >= 0.3 is 11.9 Å². The van der Waals surface area contributed by atoms with Crippen LogP contribution in [0.5, 0.6) is 0 Å². The van der Waals surface area contributed by atoms with Crippen LogP contribution in [0.15, 0.2) is 6.07 Å². The minimum Gasteiger partial charge on any atom is -0.386 e. The van der Waals surface area contributed by atoms with E-state index in [0.717, 1.165) is 0 Å². The van der Waals surface area contributed by atoms with Gasteiger partial charge in [-0.3, -0.25) is 0 Å². The smallest absolute Gasteiger partial charge is 0.350 e. The number of ether oxygens (including phenoxy) is 1. The molecule has 0 atom stereocenters. The van der Waals surface area contributed by atoms with Crippen LogP contribution in [0, 0.1) is 0 Å². The number of halogens is 1. The highest BCUT2D eigenvalue weighted by Crippen LogP contribution is 2.28. The third kappa shape index (κ3) is 1.51. The summed E-state index contributed by atoms with van der Waals surface area (Å²) in [7, 11) is 0. The number of carbonyl (C=O) groups excluding carboxylic acids is 2. The molecule has 15 heavy (non-hydrogen) atoms. The van der Waals surface area contributed by atoms with E-state index in [-0.39, 0.29) is 22.2 Å². The molecule has 1 aliphatic rings. The Morgan fingerprint density at radius 3 is 2.60 bits per heavy atom. The fourth-order valence-electron chi connectivity index (χ4n) is 1.37. The van der Waals surface area contributed by atoms with Gasteiger partial charge in [-0.1, -0.05) is 25.4 Å². The third-order valence-electron chi connectivity index (χ3n) is 2.20. The molecule has 0 unspecified atom stereocenters. The van der Waals surface area contributed by atoms with Gasteiger partial charge in [-0.25, -0.2) is 14.6 Å². The van der Waals surface area contributed by atoms with Crippen LogP contribution in [0.2, 0.25) is 5.15 Å². The van der Waals surface area contributed by atoms with Gasteiger partial charge < -0.3 is 4.74 Å². The number of rotatable bonds is 1. The van der Waals surface area contributed by atoms with Crippen LogP contribution < -0.4 is 0 Å². The minimum absolute atomic E-state index is 0.0343. The van der Waals surface area contributed by atoms with Crippen LogP contribution in [0.1, 0.15) is 46.2 Å². The number of esters is 2. The second kappa shape index (κ2) is 3.31. The average molecular weight is 226 g/mol. The van der Waals surface area contributed by atoms with Gasteiger partial charge in [0.2, 0.25) is 0 Å². The predicted octanol–water partition coefficient (Wildman–Crippen LogP) is 2.17. The van der Waals surface area contributed by atoms with Crippen molar-refractivity contribution >= 4 is 23.5 Å². The van der Waals surface area contributed by atoms with Crippen LogP contribution in [0.4, 0.5) is 0 Å². The standard InChI is InChI=1S/C10H8ClNO3/c1-4(2)6-3-5-7(8(11)12-6)10(14)15-9(5)13/h3-4H,1-2H3. The van der Waals surface area contributed by atoms with Gasteiger partial charge in [0, 0.05) is 5.69 Å². The Bertz CT molecular complexity index is 468. The van der Waals surface area contributed by atoms with Gasteiger partial charge in [0.05, 0.1) is 5.56 Å². The van der Waals surface area contributed by atoms with Crippen LogP contribution >= 0.6 is 11.6 Å². The van der Waals surface area contributed by atoms with Crippen molar-refractivity contribution < 1.29 is 14.3 Å². The predicted molar refractivity (Wildman–Crippen MR) is 53.1 cm³/mol. The van der Waals surface area contributed by atoms with Gasteiger partial charge in [-0.05, 0) is 12.0 Å². The number of carbonyl (C=O) groups is 2. The molecule has 2 rings (SSSR count). The zero-order chi connectivity index (χ0) is 11.2. The van der Waals surface area contributed by atoms with E-state index < -0.39 is 11.9 Å². The van der Waals surface area contributed by atoms with Gasteiger partial charge in [-0.2, -0.15) is 0 Å². The Morgan fingerprint density at radius 1 is 1.33 bits per heavy atom. The van der Waals surface area contributed by atoms with E-state index in [9.17, 15) is 9.59 Å². The highest BCUT2D eigenvalue weighted by molar-refractivity contribution is 6.34. The fourth-order valence-corrected chi connectivity index (χ4v) is 1.65. The molecule has 0 bridgehead atoms. The lowest BCUT2D eigenvalue weighted by atomic mass is 10.1. The molecule has 1 aromatic heterocycles. The molecule has 1 aromatic rings. The van der Waals surface area contributed by atoms with Gasteiger partial charge in [0.15, 0.2) is 0 Å². The molecule has 1 aliphatic heterocycles. The third-order valence-corrected chi connectivity index (χ3v) is 2.47. The molecule has 0 aromatic carbocycles. The normalized spacial score (nSPS) is 14.4. The van der Waals surface area contributed by atoms with Crippen molar-refractivity contribution in [2.24, 2.45) is 0 Å². The van der Waals surface area contributed by atoms with Crippen molar-refractivity contribution in [2.75, 3.05) is 0 Å². The number of nitrogens with zero attached hydrogens (tertiary/aromatic N) is 1. The maximum Gasteiger partial charge on any atom is 0.350 e. The SMILES string of the molecule is CC(C)c1cc2c(c(Cl)n1)C(=O)OC2=O. The summed E-state index contributed by atoms with van der Waals surface area (Å²) in [6, 6.07) is 1.55. The molecule has 0 spiro atoms. The summed E-state index contributed by atoms with van der Waals surface area (Å²) in [6.45, 7) is 3.85. The summed E-state index contributed by atoms with van der Waals surface area (Å²) in [4.78, 5) is 26.5. The number of hydrogen-bond acceptors (Lipinski definition) is 4. The Labute approximate surface area is 91.2 Å². The molecule has 0 radical (unpaired) electrons. The summed E-state index contributed by atoms with van der Waals surface area (Å²) in [6.07, 6.45) is 0. The van der Waals surface area contributed by atoms with E-state index in [1.807, 2.05) is 13.8 Å². The van der Waals surface area contributed by atoms with Crippen molar-refractivity contribution in [3.8, 4) is 0 Å². The molecule has 0 saturated heterocycles. The van der Waals surface area contributed by atoms with Gasteiger partial charge in [-0.15, -0.1) is 0 Å². The van der Waals surface area contributed by atoms with E-state index in [4.69, 9.17) is 11.6 Å². The first-order valence-electron chi connectivity index (χ1n) is 4.47. The number of hydrogen-bond donors (Lipinski definition) is 0.